The van der Waals surface area contributed by atoms with Gasteiger partial charge in [0.15, 0.2) is 0 Å². The van der Waals surface area contributed by atoms with Crippen LogP contribution in [0.15, 0.2) is 24.3 Å². The number of rotatable bonds is 8. The molecule has 0 radical (unpaired) electrons. The number of hydrogen-bond acceptors (Lipinski definition) is 1. The van der Waals surface area contributed by atoms with Gasteiger partial charge >= 0.3 is 0 Å². The zero-order valence-electron chi connectivity index (χ0n) is 12.8. The fraction of sp³-hybridized carbons (Fsp3) is 0.588. The number of carbonyl (C=O) groups excluding carboxylic acids is 1. The minimum Gasteiger partial charge on any atom is -0.355 e. The second kappa shape index (κ2) is 8.72. The summed E-state index contributed by atoms with van der Waals surface area (Å²) in [5.41, 5.74) is 1.05. The van der Waals surface area contributed by atoms with Gasteiger partial charge in [0.05, 0.1) is 0 Å². The van der Waals surface area contributed by atoms with E-state index >= 15 is 0 Å². The van der Waals surface area contributed by atoms with Gasteiger partial charge < -0.3 is 5.32 Å². The van der Waals surface area contributed by atoms with Crippen LogP contribution in [0.5, 0.6) is 0 Å². The molecule has 0 aliphatic carbocycles. The van der Waals surface area contributed by atoms with E-state index in [1.54, 1.807) is 12.1 Å². The summed E-state index contributed by atoms with van der Waals surface area (Å²) in [6.45, 7) is 6.85. The highest BCUT2D eigenvalue weighted by Gasteiger charge is 2.16. The molecule has 1 amide bonds. The highest BCUT2D eigenvalue weighted by atomic mass is 19.1. The van der Waals surface area contributed by atoms with Crippen molar-refractivity contribution in [1.82, 2.24) is 5.32 Å². The van der Waals surface area contributed by atoms with Crippen LogP contribution in [0.25, 0.3) is 0 Å². The van der Waals surface area contributed by atoms with Crippen molar-refractivity contribution in [2.75, 3.05) is 6.54 Å². The number of unbranched alkanes of at least 4 members (excludes halogenated alkanes) is 1. The molecular formula is C17H26FNO. The van der Waals surface area contributed by atoms with Crippen molar-refractivity contribution in [2.24, 2.45) is 5.92 Å². The van der Waals surface area contributed by atoms with Crippen LogP contribution in [0.3, 0.4) is 0 Å². The number of halogens is 1. The van der Waals surface area contributed by atoms with Crippen molar-refractivity contribution in [3.63, 3.8) is 0 Å². The lowest BCUT2D eigenvalue weighted by Crippen LogP contribution is -2.33. The second-order valence-electron chi connectivity index (χ2n) is 5.45. The van der Waals surface area contributed by atoms with Gasteiger partial charge in [0.1, 0.15) is 5.82 Å². The molecule has 1 aromatic rings. The normalized spacial score (nSPS) is 13.8. The Hall–Kier alpha value is -1.38. The summed E-state index contributed by atoms with van der Waals surface area (Å²) < 4.78 is 12.9. The van der Waals surface area contributed by atoms with Crippen molar-refractivity contribution < 1.29 is 9.18 Å². The molecule has 20 heavy (non-hydrogen) atoms. The predicted molar refractivity (Wildman–Crippen MR) is 81.1 cm³/mol. The predicted octanol–water partition coefficient (Wildman–Crippen LogP) is 4.26. The molecule has 0 saturated carbocycles. The summed E-state index contributed by atoms with van der Waals surface area (Å²) in [4.78, 5) is 12.1. The molecule has 112 valence electrons. The summed E-state index contributed by atoms with van der Waals surface area (Å²) >= 11 is 0. The van der Waals surface area contributed by atoms with Gasteiger partial charge in [-0.3, -0.25) is 4.79 Å². The SMILES string of the molecule is CCCCC(CC)C(=O)NCC(C)c1ccc(F)cc1. The first-order chi connectivity index (χ1) is 9.58. The van der Waals surface area contributed by atoms with Crippen molar-refractivity contribution >= 4 is 5.91 Å². The minimum atomic E-state index is -0.226. The number of amides is 1. The number of hydrogen-bond donors (Lipinski definition) is 1. The van der Waals surface area contributed by atoms with E-state index in [-0.39, 0.29) is 23.6 Å². The van der Waals surface area contributed by atoms with E-state index < -0.39 is 0 Å². The zero-order chi connectivity index (χ0) is 15.0. The topological polar surface area (TPSA) is 29.1 Å². The van der Waals surface area contributed by atoms with Crippen LogP contribution in [0.1, 0.15) is 57.9 Å². The summed E-state index contributed by atoms with van der Waals surface area (Å²) in [6.07, 6.45) is 4.07. The average molecular weight is 279 g/mol. The molecule has 0 fully saturated rings. The molecule has 0 aliphatic heterocycles. The highest BCUT2D eigenvalue weighted by Crippen LogP contribution is 2.16. The monoisotopic (exact) mass is 279 g/mol. The molecule has 0 saturated heterocycles. The molecule has 0 bridgehead atoms. The van der Waals surface area contributed by atoms with Crippen LogP contribution in [-0.2, 0) is 4.79 Å². The van der Waals surface area contributed by atoms with Crippen molar-refractivity contribution in [3.8, 4) is 0 Å². The smallest absolute Gasteiger partial charge is 0.223 e. The first-order valence-corrected chi connectivity index (χ1v) is 7.61. The first-order valence-electron chi connectivity index (χ1n) is 7.61. The summed E-state index contributed by atoms with van der Waals surface area (Å²) in [6, 6.07) is 6.48. The zero-order valence-corrected chi connectivity index (χ0v) is 12.8. The highest BCUT2D eigenvalue weighted by molar-refractivity contribution is 5.78. The number of nitrogens with one attached hydrogen (secondary N) is 1. The lowest BCUT2D eigenvalue weighted by Gasteiger charge is -2.17. The molecule has 0 heterocycles. The average Bonchev–Trinajstić information content (AvgIpc) is 2.46. The van der Waals surface area contributed by atoms with Crippen molar-refractivity contribution in [2.45, 2.75) is 52.4 Å². The molecule has 1 rings (SSSR count). The largest absolute Gasteiger partial charge is 0.355 e. The van der Waals surface area contributed by atoms with Crippen molar-refractivity contribution in [1.29, 1.82) is 0 Å². The lowest BCUT2D eigenvalue weighted by molar-refractivity contribution is -0.125. The second-order valence-corrected chi connectivity index (χ2v) is 5.45. The molecule has 3 heteroatoms. The van der Waals surface area contributed by atoms with Gasteiger partial charge in [-0.1, -0.05) is 45.7 Å². The Balaban J connectivity index is 2.44. The fourth-order valence-electron chi connectivity index (χ4n) is 2.28. The van der Waals surface area contributed by atoms with Gasteiger partial charge in [-0.05, 0) is 36.5 Å². The standard InChI is InChI=1S/C17H26FNO/c1-4-6-7-14(5-2)17(20)19-12-13(3)15-8-10-16(18)11-9-15/h8-11,13-14H,4-7,12H2,1-3H3,(H,19,20). The van der Waals surface area contributed by atoms with Crippen LogP contribution in [0.2, 0.25) is 0 Å². The van der Waals surface area contributed by atoms with Gasteiger partial charge in [0.2, 0.25) is 5.91 Å². The molecular weight excluding hydrogens is 253 g/mol. The van der Waals surface area contributed by atoms with E-state index in [0.717, 1.165) is 31.2 Å². The molecule has 0 spiro atoms. The van der Waals surface area contributed by atoms with Crippen LogP contribution in [0.4, 0.5) is 4.39 Å². The number of carbonyl (C=O) groups is 1. The Morgan fingerprint density at radius 3 is 2.45 bits per heavy atom. The van der Waals surface area contributed by atoms with Crippen LogP contribution in [-0.4, -0.2) is 12.5 Å². The maximum Gasteiger partial charge on any atom is 0.223 e. The summed E-state index contributed by atoms with van der Waals surface area (Å²) in [5.74, 6) is 0.240. The van der Waals surface area contributed by atoms with Gasteiger partial charge in [-0.2, -0.15) is 0 Å². The third-order valence-electron chi connectivity index (χ3n) is 3.79. The lowest BCUT2D eigenvalue weighted by atomic mass is 9.97. The Labute approximate surface area is 121 Å². The Morgan fingerprint density at radius 2 is 1.90 bits per heavy atom. The summed E-state index contributed by atoms with van der Waals surface area (Å²) in [5, 5.41) is 3.02. The molecule has 1 N–H and O–H groups in total. The van der Waals surface area contributed by atoms with Crippen LogP contribution in [0, 0.1) is 11.7 Å². The van der Waals surface area contributed by atoms with E-state index in [1.165, 1.54) is 12.1 Å². The van der Waals surface area contributed by atoms with Crippen molar-refractivity contribution in [3.05, 3.63) is 35.6 Å². The molecule has 0 aliphatic rings. The third kappa shape index (κ3) is 5.32. The van der Waals surface area contributed by atoms with Gasteiger partial charge in [0.25, 0.3) is 0 Å². The van der Waals surface area contributed by atoms with E-state index in [1.807, 2.05) is 6.92 Å². The Kier molecular flexibility index (Phi) is 7.27. The molecule has 2 nitrogen and oxygen atoms in total. The Bertz CT molecular complexity index is 402. The first kappa shape index (κ1) is 16.7. The minimum absolute atomic E-state index is 0.121. The molecule has 2 atom stereocenters. The summed E-state index contributed by atoms with van der Waals surface area (Å²) in [7, 11) is 0. The molecule has 2 unspecified atom stereocenters. The Morgan fingerprint density at radius 1 is 1.25 bits per heavy atom. The van der Waals surface area contributed by atoms with E-state index in [4.69, 9.17) is 0 Å². The van der Waals surface area contributed by atoms with Crippen LogP contribution < -0.4 is 5.32 Å². The van der Waals surface area contributed by atoms with E-state index in [9.17, 15) is 9.18 Å². The van der Waals surface area contributed by atoms with Gasteiger partial charge in [-0.15, -0.1) is 0 Å². The molecule has 0 aromatic heterocycles. The molecule has 1 aromatic carbocycles. The maximum absolute atomic E-state index is 12.9. The fourth-order valence-corrected chi connectivity index (χ4v) is 2.28. The third-order valence-corrected chi connectivity index (χ3v) is 3.79. The van der Waals surface area contributed by atoms with Gasteiger partial charge in [0, 0.05) is 12.5 Å². The van der Waals surface area contributed by atoms with Gasteiger partial charge in [-0.25, -0.2) is 4.39 Å². The van der Waals surface area contributed by atoms with E-state index in [0.29, 0.717) is 6.54 Å². The van der Waals surface area contributed by atoms with E-state index in [2.05, 4.69) is 19.2 Å². The maximum atomic E-state index is 12.9. The van der Waals surface area contributed by atoms with Crippen LogP contribution >= 0.6 is 0 Å². The number of benzene rings is 1. The quantitative estimate of drug-likeness (QED) is 0.757.